The predicted octanol–water partition coefficient (Wildman–Crippen LogP) is 6.52. The minimum absolute atomic E-state index is 0.0869. The monoisotopic (exact) mass is 459 g/mol. The Morgan fingerprint density at radius 1 is 0.969 bits per heavy atom. The third-order valence-electron chi connectivity index (χ3n) is 8.15. The fourth-order valence-electron chi connectivity index (χ4n) is 6.27. The van der Waals surface area contributed by atoms with Crippen LogP contribution in [0.2, 0.25) is 5.02 Å². The van der Waals surface area contributed by atoms with Gasteiger partial charge in [-0.15, -0.1) is 0 Å². The molecule has 5 heteroatoms. The Kier molecular flexibility index (Phi) is 8.39. The predicted molar refractivity (Wildman–Crippen MR) is 134 cm³/mol. The quantitative estimate of drug-likeness (QED) is 0.544. The van der Waals surface area contributed by atoms with Crippen molar-refractivity contribution in [3.05, 3.63) is 29.3 Å². The summed E-state index contributed by atoms with van der Waals surface area (Å²) in [5, 5.41) is 4.12. The summed E-state index contributed by atoms with van der Waals surface area (Å²) in [4.78, 5) is 18.6. The van der Waals surface area contributed by atoms with Crippen LogP contribution < -0.4 is 10.2 Å². The number of halogens is 1. The highest BCUT2D eigenvalue weighted by Gasteiger charge is 2.54. The highest BCUT2D eigenvalue weighted by Crippen LogP contribution is 2.41. The topological polar surface area (TPSA) is 35.6 Å². The van der Waals surface area contributed by atoms with Crippen LogP contribution in [0.15, 0.2) is 24.3 Å². The summed E-state index contributed by atoms with van der Waals surface area (Å²) in [5.41, 5.74) is 0.708. The van der Waals surface area contributed by atoms with Gasteiger partial charge in [-0.2, -0.15) is 0 Å². The Hall–Kier alpha value is -1.26. The van der Waals surface area contributed by atoms with E-state index in [1.165, 1.54) is 57.8 Å². The van der Waals surface area contributed by atoms with Crippen LogP contribution >= 0.6 is 11.6 Å². The molecule has 1 atom stereocenters. The number of nitrogens with zero attached hydrogens (tertiary/aromatic N) is 2. The first-order chi connectivity index (χ1) is 15.6. The zero-order valence-electron chi connectivity index (χ0n) is 20.0. The van der Waals surface area contributed by atoms with Crippen LogP contribution in [0.25, 0.3) is 0 Å². The molecule has 2 heterocycles. The first kappa shape index (κ1) is 23.9. The van der Waals surface area contributed by atoms with Gasteiger partial charge in [-0.05, 0) is 62.8 Å². The molecule has 1 aliphatic carbocycles. The molecule has 1 unspecified atom stereocenters. The van der Waals surface area contributed by atoms with E-state index >= 15 is 0 Å². The number of carbonyl (C=O) groups excluding carboxylic acids is 1. The third kappa shape index (κ3) is 5.28. The summed E-state index contributed by atoms with van der Waals surface area (Å²) < 4.78 is 0. The van der Waals surface area contributed by atoms with Crippen molar-refractivity contribution >= 4 is 23.2 Å². The first-order valence-corrected chi connectivity index (χ1v) is 13.6. The van der Waals surface area contributed by atoms with E-state index in [2.05, 4.69) is 34.2 Å². The van der Waals surface area contributed by atoms with Crippen molar-refractivity contribution in [2.45, 2.75) is 115 Å². The minimum Gasteiger partial charge on any atom is -0.336 e. The van der Waals surface area contributed by atoms with Crippen LogP contribution in [-0.2, 0) is 4.79 Å². The Morgan fingerprint density at radius 3 is 2.16 bits per heavy atom. The summed E-state index contributed by atoms with van der Waals surface area (Å²) in [7, 11) is 0. The normalized spacial score (nSPS) is 25.8. The van der Waals surface area contributed by atoms with Gasteiger partial charge in [0.15, 0.2) is 0 Å². The number of piperidine rings is 1. The molecule has 1 N–H and O–H groups in total. The molecule has 3 aliphatic rings. The summed E-state index contributed by atoms with van der Waals surface area (Å²) in [6, 6.07) is 8.81. The molecule has 4 nitrogen and oxygen atoms in total. The number of likely N-dealkylation sites (tertiary alicyclic amines) is 1. The number of hydrogen-bond acceptors (Lipinski definition) is 3. The number of hydrogen-bond donors (Lipinski definition) is 1. The molecule has 0 aromatic heterocycles. The molecule has 32 heavy (non-hydrogen) atoms. The summed E-state index contributed by atoms with van der Waals surface area (Å²) in [5.74, 6) is 0.235. The molecule has 0 bridgehead atoms. The molecule has 2 aliphatic heterocycles. The van der Waals surface area contributed by atoms with E-state index in [1.807, 2.05) is 12.1 Å². The number of benzene rings is 1. The van der Waals surface area contributed by atoms with E-state index in [9.17, 15) is 4.79 Å². The molecule has 2 saturated heterocycles. The van der Waals surface area contributed by atoms with Gasteiger partial charge in [0.2, 0.25) is 5.91 Å². The maximum absolute atomic E-state index is 13.4. The molecule has 3 fully saturated rings. The van der Waals surface area contributed by atoms with Crippen molar-refractivity contribution in [2.75, 3.05) is 18.0 Å². The fourth-order valence-corrected chi connectivity index (χ4v) is 6.39. The maximum Gasteiger partial charge on any atom is 0.247 e. The average Bonchev–Trinajstić information content (AvgIpc) is 3.08. The van der Waals surface area contributed by atoms with Crippen molar-refractivity contribution in [3.63, 3.8) is 0 Å². The van der Waals surface area contributed by atoms with E-state index in [1.54, 1.807) is 0 Å². The van der Waals surface area contributed by atoms with Crippen molar-refractivity contribution in [1.29, 1.82) is 0 Å². The van der Waals surface area contributed by atoms with E-state index in [0.29, 0.717) is 6.04 Å². The van der Waals surface area contributed by atoms with Crippen LogP contribution in [0, 0.1) is 0 Å². The van der Waals surface area contributed by atoms with Crippen LogP contribution in [0.5, 0.6) is 0 Å². The van der Waals surface area contributed by atoms with Gasteiger partial charge in [0.1, 0.15) is 11.7 Å². The van der Waals surface area contributed by atoms with Gasteiger partial charge in [-0.1, -0.05) is 69.9 Å². The molecule has 1 spiro atoms. The highest BCUT2D eigenvalue weighted by molar-refractivity contribution is 6.30. The van der Waals surface area contributed by atoms with E-state index < -0.39 is 5.54 Å². The van der Waals surface area contributed by atoms with Gasteiger partial charge in [0.05, 0.1) is 0 Å². The number of amides is 1. The summed E-state index contributed by atoms with van der Waals surface area (Å²) in [6.07, 6.45) is 17.6. The van der Waals surface area contributed by atoms with Crippen LogP contribution in [0.3, 0.4) is 0 Å². The lowest BCUT2D eigenvalue weighted by atomic mass is 9.84. The fraction of sp³-hybridized carbons (Fsp3) is 0.741. The Labute approximate surface area is 200 Å². The lowest BCUT2D eigenvalue weighted by Crippen LogP contribution is -2.58. The van der Waals surface area contributed by atoms with Crippen molar-refractivity contribution in [1.82, 2.24) is 10.2 Å². The zero-order valence-corrected chi connectivity index (χ0v) is 20.7. The molecule has 1 aromatic carbocycles. The van der Waals surface area contributed by atoms with Gasteiger partial charge in [-0.25, -0.2) is 0 Å². The maximum atomic E-state index is 13.4. The second-order valence-electron chi connectivity index (χ2n) is 10.3. The van der Waals surface area contributed by atoms with Crippen LogP contribution in [-0.4, -0.2) is 41.6 Å². The standard InChI is InChI=1S/C27H42ClN3O/c1-2-3-13-25-29-26(32)27(31(25)24-16-14-22(28)15-17-24)18-20-30(21-19-27)23-11-9-7-5-4-6-8-10-12-23/h14-17,23,25H,2-13,18-21H2,1H3,(H,29,32). The van der Waals surface area contributed by atoms with Gasteiger partial charge < -0.3 is 15.1 Å². The third-order valence-corrected chi connectivity index (χ3v) is 8.40. The SMILES string of the molecule is CCCCC1NC(=O)C2(CCN(C3CCCCCCCCC3)CC2)N1c1ccc(Cl)cc1. The van der Waals surface area contributed by atoms with Crippen molar-refractivity contribution in [3.8, 4) is 0 Å². The van der Waals surface area contributed by atoms with Crippen LogP contribution in [0.1, 0.15) is 96.8 Å². The van der Waals surface area contributed by atoms with E-state index in [-0.39, 0.29) is 12.1 Å². The summed E-state index contributed by atoms with van der Waals surface area (Å²) >= 11 is 6.19. The molecule has 4 rings (SSSR count). The lowest BCUT2D eigenvalue weighted by Gasteiger charge is -2.47. The van der Waals surface area contributed by atoms with Gasteiger partial charge >= 0.3 is 0 Å². The second kappa shape index (κ2) is 11.2. The van der Waals surface area contributed by atoms with E-state index in [0.717, 1.165) is 55.9 Å². The molecular formula is C27H42ClN3O. The molecule has 1 saturated carbocycles. The number of anilines is 1. The number of carbonyl (C=O) groups is 1. The molecule has 1 aromatic rings. The largest absolute Gasteiger partial charge is 0.336 e. The smallest absolute Gasteiger partial charge is 0.247 e. The number of nitrogens with one attached hydrogen (secondary N) is 1. The Bertz CT molecular complexity index is 719. The Morgan fingerprint density at radius 2 is 1.56 bits per heavy atom. The highest BCUT2D eigenvalue weighted by atomic mass is 35.5. The first-order valence-electron chi connectivity index (χ1n) is 13.2. The summed E-state index contributed by atoms with van der Waals surface area (Å²) in [6.45, 7) is 4.28. The van der Waals surface area contributed by atoms with Crippen molar-refractivity contribution in [2.24, 2.45) is 0 Å². The zero-order chi connectivity index (χ0) is 22.4. The Balaban J connectivity index is 1.49. The minimum atomic E-state index is -0.418. The van der Waals surface area contributed by atoms with Gasteiger partial charge in [0.25, 0.3) is 0 Å². The number of rotatable bonds is 5. The molecule has 1 amide bonds. The molecule has 178 valence electrons. The van der Waals surface area contributed by atoms with Crippen LogP contribution in [0.4, 0.5) is 5.69 Å². The molecular weight excluding hydrogens is 418 g/mol. The molecule has 0 radical (unpaired) electrons. The average molecular weight is 460 g/mol. The lowest BCUT2D eigenvalue weighted by molar-refractivity contribution is -0.125. The van der Waals surface area contributed by atoms with Gasteiger partial charge in [0, 0.05) is 29.8 Å². The van der Waals surface area contributed by atoms with E-state index in [4.69, 9.17) is 11.6 Å². The second-order valence-corrected chi connectivity index (χ2v) is 10.7. The van der Waals surface area contributed by atoms with Crippen molar-refractivity contribution < 1.29 is 4.79 Å². The van der Waals surface area contributed by atoms with Gasteiger partial charge in [-0.3, -0.25) is 4.79 Å². The number of unbranched alkanes of at least 4 members (excludes halogenated alkanes) is 1.